The molecule has 0 saturated heterocycles. The lowest BCUT2D eigenvalue weighted by Crippen LogP contribution is -2.37. The first-order valence-electron chi connectivity index (χ1n) is 15.2. The number of furan rings is 1. The van der Waals surface area contributed by atoms with Crippen LogP contribution in [0, 0.1) is 19.1 Å². The predicted octanol–water partition coefficient (Wildman–Crippen LogP) is 7.89. The maximum Gasteiger partial charge on any atom is 0.227 e. The Labute approximate surface area is 208 Å². The van der Waals surface area contributed by atoms with Crippen LogP contribution in [-0.2, 0) is 0 Å². The molecule has 0 atom stereocenters. The van der Waals surface area contributed by atoms with Gasteiger partial charge in [0.2, 0.25) is 5.71 Å². The van der Waals surface area contributed by atoms with E-state index < -0.39 is 27.7 Å². The molecule has 172 valence electrons. The zero-order valence-corrected chi connectivity index (χ0v) is 21.1. The smallest absolute Gasteiger partial charge is 0.227 e. The molecule has 1 aromatic carbocycles. The Bertz CT molecular complexity index is 1600. The Hall–Kier alpha value is -2.46. The highest BCUT2D eigenvalue weighted by atomic mass is 28.3. The molecule has 1 saturated carbocycles. The highest BCUT2D eigenvalue weighted by molar-refractivity contribution is 6.89. The van der Waals surface area contributed by atoms with Crippen LogP contribution in [0.5, 0.6) is 0 Å². The van der Waals surface area contributed by atoms with Gasteiger partial charge in [-0.05, 0) is 86.1 Å². The summed E-state index contributed by atoms with van der Waals surface area (Å²) < 4.78 is 63.6. The van der Waals surface area contributed by atoms with Gasteiger partial charge in [-0.25, -0.2) is 4.98 Å². The van der Waals surface area contributed by atoms with Gasteiger partial charge in [-0.3, -0.25) is 4.98 Å². The van der Waals surface area contributed by atoms with Crippen LogP contribution in [0.3, 0.4) is 0 Å². The van der Waals surface area contributed by atoms with Crippen LogP contribution in [0.1, 0.15) is 71.8 Å². The second-order valence-electron chi connectivity index (χ2n) is 11.2. The third-order valence-electron chi connectivity index (χ3n) is 7.07. The molecule has 1 fully saturated rings. The average Bonchev–Trinajstić information content (AvgIpc) is 3.21. The second kappa shape index (κ2) is 7.80. The van der Waals surface area contributed by atoms with Crippen LogP contribution in [0.4, 0.5) is 0 Å². The summed E-state index contributed by atoms with van der Waals surface area (Å²) in [7, 11) is -1.84. The fraction of sp³-hybridized carbons (Fsp3) is 0.448. The van der Waals surface area contributed by atoms with Crippen LogP contribution in [0.15, 0.2) is 40.9 Å². The monoisotopic (exact) mass is 463 g/mol. The molecule has 4 heteroatoms. The molecule has 0 radical (unpaired) electrons. The van der Waals surface area contributed by atoms with Crippen LogP contribution in [0.25, 0.3) is 33.3 Å². The lowest BCUT2D eigenvalue weighted by molar-refractivity contribution is 0.224. The zero-order valence-electron chi connectivity index (χ0n) is 27.1. The van der Waals surface area contributed by atoms with E-state index in [4.69, 9.17) is 12.6 Å². The van der Waals surface area contributed by atoms with E-state index in [2.05, 4.69) is 55.6 Å². The van der Waals surface area contributed by atoms with E-state index in [9.17, 15) is 1.37 Å². The normalized spacial score (nSPS) is 22.0. The van der Waals surface area contributed by atoms with E-state index in [0.717, 1.165) is 28.8 Å². The summed E-state index contributed by atoms with van der Waals surface area (Å²) in [5.41, 5.74) is 2.70. The number of hydrogen-bond acceptors (Lipinski definition) is 3. The summed E-state index contributed by atoms with van der Waals surface area (Å²) in [4.78, 5) is 8.96. The molecule has 0 bridgehead atoms. The van der Waals surface area contributed by atoms with Gasteiger partial charge in [-0.2, -0.15) is 0 Å². The number of nitrogens with zero attached hydrogens (tertiary/aromatic N) is 2. The molecule has 0 N–H and O–H groups in total. The van der Waals surface area contributed by atoms with E-state index in [1.807, 2.05) is 0 Å². The molecule has 0 amide bonds. The summed E-state index contributed by atoms with van der Waals surface area (Å²) in [6.45, 7) is 6.35. The average molecular weight is 464 g/mol. The SMILES string of the molecule is [2H]C([2H])([2H])c1ccc2c(n1)oc1c(-c3cc(C4([2H])CCC(C)(C)CC4)c(C([2H])([2H])[2H])cn3)cc([Si](C)(C)C)cc12. The van der Waals surface area contributed by atoms with E-state index >= 15 is 0 Å². The molecule has 1 aliphatic carbocycles. The van der Waals surface area contributed by atoms with E-state index in [0.29, 0.717) is 35.2 Å². The minimum Gasteiger partial charge on any atom is -0.437 e. The lowest BCUT2D eigenvalue weighted by atomic mass is 9.71. The van der Waals surface area contributed by atoms with Crippen molar-refractivity contribution in [1.29, 1.82) is 0 Å². The van der Waals surface area contributed by atoms with Gasteiger partial charge in [0.25, 0.3) is 0 Å². The molecule has 0 unspecified atom stereocenters. The van der Waals surface area contributed by atoms with Gasteiger partial charge in [0, 0.05) is 37.8 Å². The number of fused-ring (bicyclic) bond motifs is 3. The van der Waals surface area contributed by atoms with Crippen molar-refractivity contribution in [2.24, 2.45) is 5.41 Å². The lowest BCUT2D eigenvalue weighted by Gasteiger charge is -2.35. The van der Waals surface area contributed by atoms with Crippen molar-refractivity contribution in [2.45, 2.75) is 78.8 Å². The standard InChI is InChI=1S/C29H36N2OSi/c1-18-17-30-26(16-23(18)20-10-12-29(3,4)13-11-20)25-15-21(33(5,6)7)14-24-22-9-8-19(2)31-28(22)32-27(24)25/h8-9,14-17,20H,10-13H2,1-7H3/i1D3,2D3,20D. The Morgan fingerprint density at radius 3 is 2.55 bits per heavy atom. The number of benzene rings is 1. The highest BCUT2D eigenvalue weighted by Gasteiger charge is 2.29. The van der Waals surface area contributed by atoms with Crippen molar-refractivity contribution in [1.82, 2.24) is 9.97 Å². The third kappa shape index (κ3) is 4.14. The van der Waals surface area contributed by atoms with E-state index in [1.54, 1.807) is 12.1 Å². The van der Waals surface area contributed by atoms with Gasteiger partial charge < -0.3 is 4.42 Å². The number of aromatic nitrogens is 2. The summed E-state index contributed by atoms with van der Waals surface area (Å²) in [5.74, 6) is -1.03. The Balaban J connectivity index is 1.78. The minimum atomic E-state index is -2.40. The van der Waals surface area contributed by atoms with Crippen LogP contribution < -0.4 is 5.19 Å². The van der Waals surface area contributed by atoms with Gasteiger partial charge in [0.1, 0.15) is 5.58 Å². The highest BCUT2D eigenvalue weighted by Crippen LogP contribution is 2.44. The molecule has 0 aliphatic heterocycles. The first-order chi connectivity index (χ1) is 18.3. The van der Waals surface area contributed by atoms with Crippen LogP contribution >= 0.6 is 0 Å². The van der Waals surface area contributed by atoms with Crippen molar-refractivity contribution in [3.05, 3.63) is 53.3 Å². The largest absolute Gasteiger partial charge is 0.437 e. The molecular weight excluding hydrogens is 420 g/mol. The zero-order chi connectivity index (χ0) is 29.5. The first kappa shape index (κ1) is 15.4. The number of rotatable bonds is 3. The van der Waals surface area contributed by atoms with Crippen LogP contribution in [-0.4, -0.2) is 18.0 Å². The summed E-state index contributed by atoms with van der Waals surface area (Å²) >= 11 is 0. The number of pyridine rings is 2. The van der Waals surface area contributed by atoms with Crippen molar-refractivity contribution in [3.63, 3.8) is 0 Å². The maximum absolute atomic E-state index is 9.43. The van der Waals surface area contributed by atoms with Crippen molar-refractivity contribution < 1.29 is 14.0 Å². The fourth-order valence-corrected chi connectivity index (χ4v) is 5.93. The summed E-state index contributed by atoms with van der Waals surface area (Å²) in [6, 6.07) is 9.20. The van der Waals surface area contributed by atoms with Gasteiger partial charge >= 0.3 is 0 Å². The molecule has 3 nitrogen and oxygen atoms in total. The van der Waals surface area contributed by atoms with E-state index in [1.165, 1.54) is 12.3 Å². The Morgan fingerprint density at radius 1 is 1.06 bits per heavy atom. The number of hydrogen-bond donors (Lipinski definition) is 0. The third-order valence-corrected chi connectivity index (χ3v) is 9.09. The molecular formula is C29H36N2OSi. The molecule has 3 heterocycles. The topological polar surface area (TPSA) is 38.9 Å². The van der Waals surface area contributed by atoms with Gasteiger partial charge in [0.15, 0.2) is 0 Å². The van der Waals surface area contributed by atoms with E-state index in [-0.39, 0.29) is 22.4 Å². The predicted molar refractivity (Wildman–Crippen MR) is 142 cm³/mol. The molecule has 33 heavy (non-hydrogen) atoms. The first-order valence-corrected chi connectivity index (χ1v) is 15.2. The van der Waals surface area contributed by atoms with Crippen molar-refractivity contribution in [2.75, 3.05) is 0 Å². The van der Waals surface area contributed by atoms with Gasteiger partial charge in [-0.1, -0.05) is 44.7 Å². The molecule has 4 aromatic rings. The van der Waals surface area contributed by atoms with Crippen molar-refractivity contribution >= 4 is 35.3 Å². The quantitative estimate of drug-likeness (QED) is 0.290. The fourth-order valence-electron chi connectivity index (χ4n) is 4.78. The molecule has 0 spiro atoms. The minimum absolute atomic E-state index is 0.0372. The van der Waals surface area contributed by atoms with Crippen molar-refractivity contribution in [3.8, 4) is 11.3 Å². The molecule has 1 aliphatic rings. The Kier molecular flexibility index (Phi) is 3.65. The van der Waals surface area contributed by atoms with Gasteiger partial charge in [0.05, 0.1) is 13.8 Å². The van der Waals surface area contributed by atoms with Gasteiger partial charge in [-0.15, -0.1) is 0 Å². The second-order valence-corrected chi connectivity index (χ2v) is 16.3. The summed E-state index contributed by atoms with van der Waals surface area (Å²) in [5, 5.41) is 2.69. The summed E-state index contributed by atoms with van der Waals surface area (Å²) in [6.07, 6.45) is 4.23. The molecule has 3 aromatic heterocycles. The maximum atomic E-state index is 9.43. The Morgan fingerprint density at radius 2 is 1.85 bits per heavy atom. The van der Waals surface area contributed by atoms with Crippen LogP contribution in [0.2, 0.25) is 19.6 Å². The number of aryl methyl sites for hydroxylation is 2. The molecule has 5 rings (SSSR count).